The molecule has 0 fully saturated rings. The third-order valence-corrected chi connectivity index (χ3v) is 6.87. The number of carbonyl (C=O) groups excluding carboxylic acids is 1. The second-order valence-electron chi connectivity index (χ2n) is 7.67. The number of nitrogens with one attached hydrogen (secondary N) is 1. The molecule has 1 amide bonds. The highest BCUT2D eigenvalue weighted by Gasteiger charge is 2.22. The van der Waals surface area contributed by atoms with Crippen LogP contribution in [-0.4, -0.2) is 36.8 Å². The van der Waals surface area contributed by atoms with Crippen LogP contribution >= 0.6 is 0 Å². The largest absolute Gasteiger partial charge is 0.388 e. The molecule has 0 aliphatic rings. The molecule has 0 radical (unpaired) electrons. The quantitative estimate of drug-likeness (QED) is 0.674. The van der Waals surface area contributed by atoms with E-state index in [1.165, 1.54) is 12.1 Å². The maximum Gasteiger partial charge on any atom is 0.224 e. The van der Waals surface area contributed by atoms with Gasteiger partial charge in [0.25, 0.3) is 0 Å². The van der Waals surface area contributed by atoms with Gasteiger partial charge in [0.1, 0.15) is 0 Å². The van der Waals surface area contributed by atoms with E-state index >= 15 is 0 Å². The Labute approximate surface area is 167 Å². The van der Waals surface area contributed by atoms with Gasteiger partial charge >= 0.3 is 0 Å². The van der Waals surface area contributed by atoms with Crippen molar-refractivity contribution >= 4 is 15.7 Å². The first-order chi connectivity index (χ1) is 13.1. The first-order valence-corrected chi connectivity index (χ1v) is 11.0. The number of sulfone groups is 1. The van der Waals surface area contributed by atoms with Gasteiger partial charge in [-0.25, -0.2) is 8.42 Å². The molecule has 1 unspecified atom stereocenters. The standard InChI is InChI=1S/C22H29NO4S/c1-17(2)28(26,27)20-11-9-19(10-12-20)15-21(24)23-16-22(3,25)14-13-18-7-5-4-6-8-18/h4-12,17,25H,13-16H2,1-3H3,(H,23,24). The van der Waals surface area contributed by atoms with E-state index in [0.717, 1.165) is 17.5 Å². The first kappa shape index (κ1) is 22.1. The Bertz CT molecular complexity index is 873. The molecular formula is C22H29NO4S. The van der Waals surface area contributed by atoms with Crippen LogP contribution in [0.25, 0.3) is 0 Å². The lowest BCUT2D eigenvalue weighted by Crippen LogP contribution is -2.41. The van der Waals surface area contributed by atoms with Crippen LogP contribution in [-0.2, 0) is 27.5 Å². The summed E-state index contributed by atoms with van der Waals surface area (Å²) in [6.45, 7) is 5.15. The zero-order valence-corrected chi connectivity index (χ0v) is 17.5. The molecule has 2 rings (SSSR count). The Morgan fingerprint density at radius 1 is 1.04 bits per heavy atom. The number of aryl methyl sites for hydroxylation is 1. The van der Waals surface area contributed by atoms with E-state index in [9.17, 15) is 18.3 Å². The summed E-state index contributed by atoms with van der Waals surface area (Å²) in [5.74, 6) is -0.209. The van der Waals surface area contributed by atoms with Crippen LogP contribution in [0.1, 0.15) is 38.3 Å². The van der Waals surface area contributed by atoms with Crippen LogP contribution in [0.2, 0.25) is 0 Å². The Balaban J connectivity index is 1.84. The molecule has 152 valence electrons. The van der Waals surface area contributed by atoms with Crippen molar-refractivity contribution in [1.82, 2.24) is 5.32 Å². The Hall–Kier alpha value is -2.18. The summed E-state index contributed by atoms with van der Waals surface area (Å²) in [5.41, 5.74) is 0.871. The zero-order chi connectivity index (χ0) is 20.8. The predicted molar refractivity (Wildman–Crippen MR) is 111 cm³/mol. The number of hydrogen-bond acceptors (Lipinski definition) is 4. The van der Waals surface area contributed by atoms with Crippen molar-refractivity contribution in [2.24, 2.45) is 0 Å². The van der Waals surface area contributed by atoms with Crippen LogP contribution in [0.5, 0.6) is 0 Å². The van der Waals surface area contributed by atoms with E-state index in [1.54, 1.807) is 32.9 Å². The molecule has 0 saturated heterocycles. The summed E-state index contributed by atoms with van der Waals surface area (Å²) in [6.07, 6.45) is 1.41. The number of rotatable bonds is 9. The van der Waals surface area contributed by atoms with Gasteiger partial charge < -0.3 is 10.4 Å². The van der Waals surface area contributed by atoms with Gasteiger partial charge in [-0.15, -0.1) is 0 Å². The third-order valence-electron chi connectivity index (χ3n) is 4.70. The summed E-state index contributed by atoms with van der Waals surface area (Å²) in [6, 6.07) is 16.3. The van der Waals surface area contributed by atoms with Crippen molar-refractivity contribution in [2.75, 3.05) is 6.54 Å². The fraction of sp³-hybridized carbons (Fsp3) is 0.409. The second kappa shape index (κ2) is 9.34. The van der Waals surface area contributed by atoms with Crippen molar-refractivity contribution in [3.05, 3.63) is 65.7 Å². The molecule has 2 aromatic rings. The van der Waals surface area contributed by atoms with Gasteiger partial charge in [-0.2, -0.15) is 0 Å². The Morgan fingerprint density at radius 2 is 1.64 bits per heavy atom. The number of carbonyl (C=O) groups is 1. The maximum absolute atomic E-state index is 12.2. The van der Waals surface area contributed by atoms with Gasteiger partial charge in [0.2, 0.25) is 5.91 Å². The smallest absolute Gasteiger partial charge is 0.224 e. The molecule has 2 N–H and O–H groups in total. The Kier molecular flexibility index (Phi) is 7.38. The summed E-state index contributed by atoms with van der Waals surface area (Å²) >= 11 is 0. The summed E-state index contributed by atoms with van der Waals surface area (Å²) in [5, 5.41) is 12.8. The molecule has 5 nitrogen and oxygen atoms in total. The molecule has 0 aromatic heterocycles. The van der Waals surface area contributed by atoms with Gasteiger partial charge in [0.05, 0.1) is 22.2 Å². The average Bonchev–Trinajstić information content (AvgIpc) is 2.66. The lowest BCUT2D eigenvalue weighted by molar-refractivity contribution is -0.121. The minimum absolute atomic E-state index is 0.136. The van der Waals surface area contributed by atoms with E-state index in [0.29, 0.717) is 6.42 Å². The SMILES string of the molecule is CC(C)S(=O)(=O)c1ccc(CC(=O)NCC(C)(O)CCc2ccccc2)cc1. The fourth-order valence-corrected chi connectivity index (χ4v) is 3.81. The molecule has 6 heteroatoms. The second-order valence-corrected chi connectivity index (χ2v) is 10.2. The molecule has 0 saturated carbocycles. The number of aliphatic hydroxyl groups is 1. The lowest BCUT2D eigenvalue weighted by Gasteiger charge is -2.23. The Morgan fingerprint density at radius 3 is 2.21 bits per heavy atom. The maximum atomic E-state index is 12.2. The van der Waals surface area contributed by atoms with E-state index in [-0.39, 0.29) is 23.8 Å². The van der Waals surface area contributed by atoms with Crippen LogP contribution in [0.4, 0.5) is 0 Å². The van der Waals surface area contributed by atoms with Gasteiger partial charge in [-0.05, 0) is 56.9 Å². The van der Waals surface area contributed by atoms with E-state index < -0.39 is 20.7 Å². The molecule has 0 aliphatic heterocycles. The summed E-state index contributed by atoms with van der Waals surface area (Å²) in [7, 11) is -3.31. The van der Waals surface area contributed by atoms with Crippen molar-refractivity contribution in [2.45, 2.75) is 55.8 Å². The van der Waals surface area contributed by atoms with Crippen LogP contribution < -0.4 is 5.32 Å². The highest BCUT2D eigenvalue weighted by molar-refractivity contribution is 7.92. The summed E-state index contributed by atoms with van der Waals surface area (Å²) in [4.78, 5) is 12.4. The average molecular weight is 404 g/mol. The molecule has 0 spiro atoms. The highest BCUT2D eigenvalue weighted by atomic mass is 32.2. The number of benzene rings is 2. The van der Waals surface area contributed by atoms with Crippen LogP contribution in [0.15, 0.2) is 59.5 Å². The number of hydrogen-bond donors (Lipinski definition) is 2. The van der Waals surface area contributed by atoms with E-state index in [1.807, 2.05) is 30.3 Å². The molecule has 1 atom stereocenters. The highest BCUT2D eigenvalue weighted by Crippen LogP contribution is 2.17. The molecule has 0 heterocycles. The van der Waals surface area contributed by atoms with Crippen molar-refractivity contribution < 1.29 is 18.3 Å². The first-order valence-electron chi connectivity index (χ1n) is 9.46. The summed E-state index contributed by atoms with van der Waals surface area (Å²) < 4.78 is 24.3. The fourth-order valence-electron chi connectivity index (χ4n) is 2.75. The van der Waals surface area contributed by atoms with Gasteiger partial charge in [-0.3, -0.25) is 4.79 Å². The van der Waals surface area contributed by atoms with E-state index in [4.69, 9.17) is 0 Å². The van der Waals surface area contributed by atoms with Gasteiger partial charge in [-0.1, -0.05) is 42.5 Å². The van der Waals surface area contributed by atoms with Crippen LogP contribution in [0, 0.1) is 0 Å². The van der Waals surface area contributed by atoms with Crippen LogP contribution in [0.3, 0.4) is 0 Å². The molecule has 0 bridgehead atoms. The minimum Gasteiger partial charge on any atom is -0.388 e. The third kappa shape index (κ3) is 6.46. The van der Waals surface area contributed by atoms with Crippen molar-refractivity contribution in [1.29, 1.82) is 0 Å². The lowest BCUT2D eigenvalue weighted by atomic mass is 9.96. The molecule has 0 aliphatic carbocycles. The molecule has 2 aromatic carbocycles. The van der Waals surface area contributed by atoms with Crippen molar-refractivity contribution in [3.63, 3.8) is 0 Å². The van der Waals surface area contributed by atoms with Gasteiger partial charge in [0, 0.05) is 6.54 Å². The number of amides is 1. The topological polar surface area (TPSA) is 83.5 Å². The zero-order valence-electron chi connectivity index (χ0n) is 16.7. The minimum atomic E-state index is -3.31. The monoisotopic (exact) mass is 403 g/mol. The molecular weight excluding hydrogens is 374 g/mol. The molecule has 28 heavy (non-hydrogen) atoms. The van der Waals surface area contributed by atoms with Gasteiger partial charge in [0.15, 0.2) is 9.84 Å². The predicted octanol–water partition coefficient (Wildman–Crippen LogP) is 2.91. The van der Waals surface area contributed by atoms with Crippen molar-refractivity contribution in [3.8, 4) is 0 Å². The van der Waals surface area contributed by atoms with E-state index in [2.05, 4.69) is 5.32 Å². The normalized spacial score (nSPS) is 13.9.